The van der Waals surface area contributed by atoms with Crippen molar-refractivity contribution >= 4 is 15.9 Å². The summed E-state index contributed by atoms with van der Waals surface area (Å²) in [7, 11) is 0. The van der Waals surface area contributed by atoms with E-state index >= 15 is 0 Å². The summed E-state index contributed by atoms with van der Waals surface area (Å²) in [6.07, 6.45) is 7.73. The lowest BCUT2D eigenvalue weighted by molar-refractivity contribution is 0.302. The van der Waals surface area contributed by atoms with Crippen LogP contribution in [0, 0.1) is 0 Å². The van der Waals surface area contributed by atoms with Crippen LogP contribution in [0.5, 0.6) is 5.75 Å². The molecule has 0 unspecified atom stereocenters. The van der Waals surface area contributed by atoms with Crippen molar-refractivity contribution in [3.05, 3.63) is 28.2 Å². The number of benzene rings is 1. The van der Waals surface area contributed by atoms with Gasteiger partial charge in [-0.3, -0.25) is 0 Å². The van der Waals surface area contributed by atoms with Gasteiger partial charge in [0.2, 0.25) is 0 Å². The van der Waals surface area contributed by atoms with E-state index in [2.05, 4.69) is 22.9 Å². The summed E-state index contributed by atoms with van der Waals surface area (Å²) in [5, 5.41) is 0. The Morgan fingerprint density at radius 2 is 1.83 bits per heavy atom. The Balaban J connectivity index is 2.19. The van der Waals surface area contributed by atoms with Gasteiger partial charge in [-0.05, 0) is 40.0 Å². The van der Waals surface area contributed by atoms with E-state index in [-0.39, 0.29) is 0 Å². The lowest BCUT2D eigenvalue weighted by atomic mass is 10.1. The zero-order valence-corrected chi connectivity index (χ0v) is 12.8. The molecule has 0 saturated carbocycles. The largest absolute Gasteiger partial charge is 0.492 e. The van der Waals surface area contributed by atoms with Crippen LogP contribution in [0.2, 0.25) is 0 Å². The fourth-order valence-electron chi connectivity index (χ4n) is 1.85. The fourth-order valence-corrected chi connectivity index (χ4v) is 2.39. The predicted octanol–water partition coefficient (Wildman–Crippen LogP) is 4.65. The van der Waals surface area contributed by atoms with Crippen LogP contribution in [0.15, 0.2) is 22.7 Å². The number of nitrogens with two attached hydrogens (primary N) is 1. The second-order valence-electron chi connectivity index (χ2n) is 4.59. The third-order valence-corrected chi connectivity index (χ3v) is 3.61. The van der Waals surface area contributed by atoms with Crippen LogP contribution in [0.25, 0.3) is 0 Å². The SMILES string of the molecule is CCCCCCCCOc1ccc(CN)cc1Br. The van der Waals surface area contributed by atoms with Crippen molar-refractivity contribution in [3.63, 3.8) is 0 Å². The second kappa shape index (κ2) is 9.40. The molecule has 3 heteroatoms. The van der Waals surface area contributed by atoms with Gasteiger partial charge in [0.15, 0.2) is 0 Å². The molecule has 1 aromatic carbocycles. The summed E-state index contributed by atoms with van der Waals surface area (Å²) < 4.78 is 6.75. The van der Waals surface area contributed by atoms with Crippen molar-refractivity contribution in [1.82, 2.24) is 0 Å². The molecule has 0 aromatic heterocycles. The van der Waals surface area contributed by atoms with Gasteiger partial charge in [0.25, 0.3) is 0 Å². The summed E-state index contributed by atoms with van der Waals surface area (Å²) >= 11 is 3.51. The maximum atomic E-state index is 5.76. The summed E-state index contributed by atoms with van der Waals surface area (Å²) in [6, 6.07) is 6.03. The number of ether oxygens (including phenoxy) is 1. The van der Waals surface area contributed by atoms with Crippen molar-refractivity contribution in [2.45, 2.75) is 52.0 Å². The summed E-state index contributed by atoms with van der Waals surface area (Å²) in [4.78, 5) is 0. The van der Waals surface area contributed by atoms with E-state index in [0.717, 1.165) is 28.8 Å². The monoisotopic (exact) mass is 313 g/mol. The lowest BCUT2D eigenvalue weighted by Gasteiger charge is -2.09. The Bertz CT molecular complexity index is 341. The first-order valence-electron chi connectivity index (χ1n) is 6.89. The topological polar surface area (TPSA) is 35.2 Å². The summed E-state index contributed by atoms with van der Waals surface area (Å²) in [5.74, 6) is 0.917. The van der Waals surface area contributed by atoms with Crippen LogP contribution in [-0.4, -0.2) is 6.61 Å². The van der Waals surface area contributed by atoms with Crippen LogP contribution >= 0.6 is 15.9 Å². The minimum Gasteiger partial charge on any atom is -0.492 e. The smallest absolute Gasteiger partial charge is 0.133 e. The molecule has 0 heterocycles. The van der Waals surface area contributed by atoms with Crippen LogP contribution in [0.1, 0.15) is 51.0 Å². The first kappa shape index (κ1) is 15.5. The third-order valence-electron chi connectivity index (χ3n) is 2.99. The molecular formula is C15H24BrNO. The highest BCUT2D eigenvalue weighted by Crippen LogP contribution is 2.26. The zero-order valence-electron chi connectivity index (χ0n) is 11.3. The van der Waals surface area contributed by atoms with Gasteiger partial charge in [0.1, 0.15) is 5.75 Å². The van der Waals surface area contributed by atoms with Gasteiger partial charge in [-0.2, -0.15) is 0 Å². The highest BCUT2D eigenvalue weighted by atomic mass is 79.9. The molecule has 18 heavy (non-hydrogen) atoms. The number of rotatable bonds is 9. The van der Waals surface area contributed by atoms with E-state index in [1.54, 1.807) is 0 Å². The third kappa shape index (κ3) is 5.87. The number of hydrogen-bond donors (Lipinski definition) is 1. The predicted molar refractivity (Wildman–Crippen MR) is 80.9 cm³/mol. The molecule has 1 rings (SSSR count). The van der Waals surface area contributed by atoms with Crippen molar-refractivity contribution in [3.8, 4) is 5.75 Å². The number of unbranched alkanes of at least 4 members (excludes halogenated alkanes) is 5. The minimum absolute atomic E-state index is 0.566. The average molecular weight is 314 g/mol. The van der Waals surface area contributed by atoms with Crippen molar-refractivity contribution in [2.75, 3.05) is 6.61 Å². The first-order chi connectivity index (χ1) is 8.77. The highest BCUT2D eigenvalue weighted by Gasteiger charge is 2.01. The maximum Gasteiger partial charge on any atom is 0.133 e. The Kier molecular flexibility index (Phi) is 8.10. The minimum atomic E-state index is 0.566. The first-order valence-corrected chi connectivity index (χ1v) is 7.68. The standard InChI is InChI=1S/C15H24BrNO/c1-2-3-4-5-6-7-10-18-15-9-8-13(12-17)11-14(15)16/h8-9,11H,2-7,10,12,17H2,1H3. The molecule has 0 aliphatic rings. The Morgan fingerprint density at radius 1 is 1.11 bits per heavy atom. The molecule has 0 fully saturated rings. The molecule has 0 saturated heterocycles. The quantitative estimate of drug-likeness (QED) is 0.674. The van der Waals surface area contributed by atoms with Gasteiger partial charge < -0.3 is 10.5 Å². The molecule has 0 amide bonds. The summed E-state index contributed by atoms with van der Waals surface area (Å²) in [6.45, 7) is 3.61. The molecule has 0 spiro atoms. The van der Waals surface area contributed by atoms with Gasteiger partial charge in [-0.25, -0.2) is 0 Å². The normalized spacial score (nSPS) is 10.6. The average Bonchev–Trinajstić information content (AvgIpc) is 2.39. The van der Waals surface area contributed by atoms with Crippen LogP contribution < -0.4 is 10.5 Å². The van der Waals surface area contributed by atoms with Gasteiger partial charge in [0.05, 0.1) is 11.1 Å². The van der Waals surface area contributed by atoms with Crippen molar-refractivity contribution in [1.29, 1.82) is 0 Å². The number of hydrogen-bond acceptors (Lipinski definition) is 2. The molecule has 0 atom stereocenters. The maximum absolute atomic E-state index is 5.76. The van der Waals surface area contributed by atoms with Crippen LogP contribution in [0.3, 0.4) is 0 Å². The zero-order chi connectivity index (χ0) is 13.2. The number of halogens is 1. The molecule has 102 valence electrons. The van der Waals surface area contributed by atoms with Crippen molar-refractivity contribution in [2.24, 2.45) is 5.73 Å². The lowest BCUT2D eigenvalue weighted by Crippen LogP contribution is -2.00. The van der Waals surface area contributed by atoms with Crippen molar-refractivity contribution < 1.29 is 4.74 Å². The van der Waals surface area contributed by atoms with E-state index in [1.807, 2.05) is 18.2 Å². The Labute approximate surface area is 119 Å². The van der Waals surface area contributed by atoms with Crippen LogP contribution in [0.4, 0.5) is 0 Å². The van der Waals surface area contributed by atoms with E-state index in [4.69, 9.17) is 10.5 Å². The highest BCUT2D eigenvalue weighted by molar-refractivity contribution is 9.10. The van der Waals surface area contributed by atoms with E-state index < -0.39 is 0 Å². The molecule has 1 aromatic rings. The van der Waals surface area contributed by atoms with E-state index in [9.17, 15) is 0 Å². The molecule has 0 aliphatic heterocycles. The second-order valence-corrected chi connectivity index (χ2v) is 5.44. The van der Waals surface area contributed by atoms with Crippen LogP contribution in [-0.2, 0) is 6.54 Å². The van der Waals surface area contributed by atoms with Gasteiger partial charge in [-0.15, -0.1) is 0 Å². The fraction of sp³-hybridized carbons (Fsp3) is 0.600. The van der Waals surface area contributed by atoms with Gasteiger partial charge in [0, 0.05) is 6.54 Å². The molecule has 0 bridgehead atoms. The molecule has 0 aliphatic carbocycles. The molecular weight excluding hydrogens is 290 g/mol. The van der Waals surface area contributed by atoms with E-state index in [0.29, 0.717) is 6.54 Å². The summed E-state index contributed by atoms with van der Waals surface area (Å²) in [5.41, 5.74) is 6.71. The van der Waals surface area contributed by atoms with E-state index in [1.165, 1.54) is 32.1 Å². The van der Waals surface area contributed by atoms with Gasteiger partial charge in [-0.1, -0.05) is 45.1 Å². The molecule has 2 nitrogen and oxygen atoms in total. The van der Waals surface area contributed by atoms with Gasteiger partial charge >= 0.3 is 0 Å². The molecule has 0 radical (unpaired) electrons. The Morgan fingerprint density at radius 3 is 2.50 bits per heavy atom. The Hall–Kier alpha value is -0.540. The molecule has 2 N–H and O–H groups in total.